The summed E-state index contributed by atoms with van der Waals surface area (Å²) in [5, 5.41) is 3.54. The van der Waals surface area contributed by atoms with Crippen molar-refractivity contribution in [2.75, 3.05) is 18.0 Å². The molecule has 4 aromatic rings. The number of nitrogens with zero attached hydrogens (tertiary/aromatic N) is 4. The Labute approximate surface area is 146 Å². The highest BCUT2D eigenvalue weighted by molar-refractivity contribution is 5.89. The van der Waals surface area contributed by atoms with E-state index in [1.807, 2.05) is 6.07 Å². The molecule has 4 nitrogen and oxygen atoms in total. The first-order valence-electron chi connectivity index (χ1n) is 8.97. The van der Waals surface area contributed by atoms with Crippen molar-refractivity contribution in [2.45, 2.75) is 19.3 Å². The molecular weight excluding hydrogens is 308 g/mol. The minimum absolute atomic E-state index is 0.853. The number of aromatic nitrogens is 3. The Morgan fingerprint density at radius 2 is 1.40 bits per heavy atom. The van der Waals surface area contributed by atoms with E-state index in [4.69, 9.17) is 9.97 Å². The van der Waals surface area contributed by atoms with Gasteiger partial charge in [0.2, 0.25) is 5.95 Å². The van der Waals surface area contributed by atoms with Gasteiger partial charge in [0, 0.05) is 30.9 Å². The Bertz CT molecular complexity index is 1010. The number of piperidine rings is 1. The van der Waals surface area contributed by atoms with Gasteiger partial charge in [-0.2, -0.15) is 4.98 Å². The molecule has 124 valence electrons. The van der Waals surface area contributed by atoms with Gasteiger partial charge in [0.15, 0.2) is 0 Å². The molecule has 0 spiro atoms. The highest BCUT2D eigenvalue weighted by Crippen LogP contribution is 2.26. The summed E-state index contributed by atoms with van der Waals surface area (Å²) >= 11 is 0. The highest BCUT2D eigenvalue weighted by atomic mass is 15.3. The monoisotopic (exact) mass is 328 g/mol. The van der Waals surface area contributed by atoms with Crippen LogP contribution in [0.4, 0.5) is 5.95 Å². The lowest BCUT2D eigenvalue weighted by Gasteiger charge is -2.27. The lowest BCUT2D eigenvalue weighted by Crippen LogP contribution is -2.31. The molecule has 2 aromatic carbocycles. The topological polar surface area (TPSA) is 34.0 Å². The second-order valence-corrected chi connectivity index (χ2v) is 6.71. The van der Waals surface area contributed by atoms with Crippen molar-refractivity contribution in [3.8, 4) is 5.82 Å². The van der Waals surface area contributed by atoms with Gasteiger partial charge in [0.1, 0.15) is 5.82 Å². The molecular formula is C21H20N4. The molecule has 0 bridgehead atoms. The SMILES string of the molecule is c1ccc2cn(-c3nc(N4CCCCC4)nc4ccccc34)cc2c1. The quantitative estimate of drug-likeness (QED) is 0.541. The summed E-state index contributed by atoms with van der Waals surface area (Å²) in [6, 6.07) is 16.7. The van der Waals surface area contributed by atoms with Gasteiger partial charge in [-0.3, -0.25) is 0 Å². The van der Waals surface area contributed by atoms with Crippen molar-refractivity contribution in [1.29, 1.82) is 0 Å². The fraction of sp³-hybridized carbons (Fsp3) is 0.238. The van der Waals surface area contributed by atoms with Gasteiger partial charge in [-0.15, -0.1) is 0 Å². The maximum atomic E-state index is 4.97. The molecule has 0 amide bonds. The van der Waals surface area contributed by atoms with Gasteiger partial charge in [-0.25, -0.2) is 4.98 Å². The molecule has 1 saturated heterocycles. The fourth-order valence-electron chi connectivity index (χ4n) is 3.69. The van der Waals surface area contributed by atoms with Crippen molar-refractivity contribution >= 4 is 27.6 Å². The standard InChI is InChI=1S/C21H20N4/c1-6-12-24(13-7-1)21-22-19-11-5-4-10-18(19)20(23-21)25-14-16-8-2-3-9-17(16)15-25/h2-5,8-11,14-15H,1,6-7,12-13H2. The van der Waals surface area contributed by atoms with Crippen molar-refractivity contribution in [2.24, 2.45) is 0 Å². The summed E-state index contributed by atoms with van der Waals surface area (Å²) in [5.74, 6) is 1.81. The van der Waals surface area contributed by atoms with Crippen molar-refractivity contribution in [3.05, 3.63) is 60.9 Å². The zero-order valence-electron chi connectivity index (χ0n) is 14.1. The molecule has 1 aliphatic heterocycles. The second kappa shape index (κ2) is 5.88. The third kappa shape index (κ3) is 2.54. The Morgan fingerprint density at radius 1 is 0.720 bits per heavy atom. The Morgan fingerprint density at radius 3 is 2.16 bits per heavy atom. The molecule has 25 heavy (non-hydrogen) atoms. The van der Waals surface area contributed by atoms with Crippen molar-refractivity contribution < 1.29 is 0 Å². The van der Waals surface area contributed by atoms with Crippen LogP contribution in [0.15, 0.2) is 60.9 Å². The number of para-hydroxylation sites is 1. The van der Waals surface area contributed by atoms with E-state index in [-0.39, 0.29) is 0 Å². The average Bonchev–Trinajstić information content (AvgIpc) is 3.12. The van der Waals surface area contributed by atoms with Crippen LogP contribution in [0.3, 0.4) is 0 Å². The average molecular weight is 328 g/mol. The molecule has 0 radical (unpaired) electrons. The third-order valence-electron chi connectivity index (χ3n) is 5.01. The summed E-state index contributed by atoms with van der Waals surface area (Å²) in [7, 11) is 0. The van der Waals surface area contributed by atoms with E-state index in [0.29, 0.717) is 0 Å². The number of benzene rings is 2. The number of anilines is 1. The van der Waals surface area contributed by atoms with E-state index in [0.717, 1.165) is 35.8 Å². The second-order valence-electron chi connectivity index (χ2n) is 6.71. The molecule has 3 heterocycles. The van der Waals surface area contributed by atoms with Crippen molar-refractivity contribution in [3.63, 3.8) is 0 Å². The smallest absolute Gasteiger partial charge is 0.227 e. The number of hydrogen-bond acceptors (Lipinski definition) is 3. The maximum Gasteiger partial charge on any atom is 0.227 e. The highest BCUT2D eigenvalue weighted by Gasteiger charge is 2.17. The minimum atomic E-state index is 0.853. The number of hydrogen-bond donors (Lipinski definition) is 0. The molecule has 5 rings (SSSR count). The predicted molar refractivity (Wildman–Crippen MR) is 102 cm³/mol. The Kier molecular flexibility index (Phi) is 3.40. The lowest BCUT2D eigenvalue weighted by molar-refractivity contribution is 0.568. The third-order valence-corrected chi connectivity index (χ3v) is 5.01. The Hall–Kier alpha value is -2.88. The zero-order chi connectivity index (χ0) is 16.6. The molecule has 0 N–H and O–H groups in total. The van der Waals surface area contributed by atoms with Crippen LogP contribution in [0.1, 0.15) is 19.3 Å². The largest absolute Gasteiger partial charge is 0.341 e. The summed E-state index contributed by atoms with van der Waals surface area (Å²) in [5.41, 5.74) is 1.01. The van der Waals surface area contributed by atoms with Crippen LogP contribution in [0.2, 0.25) is 0 Å². The van der Waals surface area contributed by atoms with Crippen LogP contribution < -0.4 is 4.90 Å². The molecule has 1 fully saturated rings. The van der Waals surface area contributed by atoms with E-state index in [2.05, 4.69) is 64.3 Å². The van der Waals surface area contributed by atoms with E-state index in [9.17, 15) is 0 Å². The summed E-state index contributed by atoms with van der Waals surface area (Å²) in [6.45, 7) is 2.09. The van der Waals surface area contributed by atoms with Crippen LogP contribution in [0.5, 0.6) is 0 Å². The molecule has 0 unspecified atom stereocenters. The van der Waals surface area contributed by atoms with Gasteiger partial charge in [0.25, 0.3) is 0 Å². The zero-order valence-corrected chi connectivity index (χ0v) is 14.1. The van der Waals surface area contributed by atoms with Crippen LogP contribution in [0, 0.1) is 0 Å². The lowest BCUT2D eigenvalue weighted by atomic mass is 10.1. The van der Waals surface area contributed by atoms with Crippen molar-refractivity contribution in [1.82, 2.24) is 14.5 Å². The first-order valence-corrected chi connectivity index (χ1v) is 8.97. The van der Waals surface area contributed by atoms with Gasteiger partial charge >= 0.3 is 0 Å². The van der Waals surface area contributed by atoms with Crippen LogP contribution in [-0.2, 0) is 0 Å². The summed E-state index contributed by atoms with van der Waals surface area (Å²) in [6.07, 6.45) is 8.06. The normalized spacial score (nSPS) is 15.1. The molecule has 0 saturated carbocycles. The first-order chi connectivity index (χ1) is 12.4. The van der Waals surface area contributed by atoms with Gasteiger partial charge in [0.05, 0.1) is 5.52 Å². The van der Waals surface area contributed by atoms with E-state index >= 15 is 0 Å². The molecule has 2 aromatic heterocycles. The Balaban J connectivity index is 1.72. The minimum Gasteiger partial charge on any atom is -0.341 e. The summed E-state index contributed by atoms with van der Waals surface area (Å²) < 4.78 is 2.14. The van der Waals surface area contributed by atoms with Crippen LogP contribution >= 0.6 is 0 Å². The maximum absolute atomic E-state index is 4.97. The summed E-state index contributed by atoms with van der Waals surface area (Å²) in [4.78, 5) is 12.1. The molecule has 0 atom stereocenters. The number of rotatable bonds is 2. The van der Waals surface area contributed by atoms with Gasteiger partial charge in [-0.1, -0.05) is 36.4 Å². The molecule has 0 aliphatic carbocycles. The fourth-order valence-corrected chi connectivity index (χ4v) is 3.69. The van der Waals surface area contributed by atoms with Gasteiger partial charge in [-0.05, 0) is 42.2 Å². The number of fused-ring (bicyclic) bond motifs is 2. The van der Waals surface area contributed by atoms with Gasteiger partial charge < -0.3 is 9.47 Å². The predicted octanol–water partition coefficient (Wildman–Crippen LogP) is 4.56. The van der Waals surface area contributed by atoms with E-state index in [1.165, 1.54) is 30.0 Å². The van der Waals surface area contributed by atoms with E-state index in [1.54, 1.807) is 0 Å². The molecule has 1 aliphatic rings. The van der Waals surface area contributed by atoms with E-state index < -0.39 is 0 Å². The van der Waals surface area contributed by atoms with Crippen LogP contribution in [0.25, 0.3) is 27.5 Å². The first kappa shape index (κ1) is 14.5. The molecule has 4 heteroatoms. The van der Waals surface area contributed by atoms with Crippen LogP contribution in [-0.4, -0.2) is 27.6 Å².